The lowest BCUT2D eigenvalue weighted by Crippen LogP contribution is -2.25. The van der Waals surface area contributed by atoms with Crippen LogP contribution in [0.2, 0.25) is 0 Å². The third-order valence-electron chi connectivity index (χ3n) is 4.57. The second kappa shape index (κ2) is 8.20. The molecule has 4 aromatic rings. The minimum Gasteiger partial charge on any atom is -0.460 e. The van der Waals surface area contributed by atoms with Crippen LogP contribution in [0.25, 0.3) is 21.9 Å². The number of hydrogen-bond acceptors (Lipinski definition) is 7. The summed E-state index contributed by atoms with van der Waals surface area (Å²) in [6, 6.07) is 13.9. The molecule has 0 saturated heterocycles. The van der Waals surface area contributed by atoms with Crippen LogP contribution in [0.5, 0.6) is 0 Å². The normalized spacial score (nSPS) is 11.0. The van der Waals surface area contributed by atoms with E-state index in [0.29, 0.717) is 27.4 Å². The van der Waals surface area contributed by atoms with Gasteiger partial charge in [-0.25, -0.2) is 9.78 Å². The van der Waals surface area contributed by atoms with Gasteiger partial charge in [0.2, 0.25) is 5.76 Å². The molecule has 152 valence electrons. The number of esters is 2. The van der Waals surface area contributed by atoms with Crippen molar-refractivity contribution >= 4 is 33.8 Å². The smallest absolute Gasteiger partial charge is 0.374 e. The molecule has 8 nitrogen and oxygen atoms in total. The van der Waals surface area contributed by atoms with E-state index in [1.165, 1.54) is 10.9 Å². The number of para-hydroxylation sites is 2. The minimum absolute atomic E-state index is 0.00427. The van der Waals surface area contributed by atoms with Crippen LogP contribution < -0.4 is 5.56 Å². The van der Waals surface area contributed by atoms with Gasteiger partial charge in [-0.15, -0.1) is 0 Å². The Hall–Kier alpha value is -3.94. The topological polar surface area (TPSA) is 101 Å². The predicted molar refractivity (Wildman–Crippen MR) is 108 cm³/mol. The Kier molecular flexibility index (Phi) is 5.30. The molecule has 0 aliphatic rings. The average Bonchev–Trinajstić information content (AvgIpc) is 3.13. The summed E-state index contributed by atoms with van der Waals surface area (Å²) in [5.41, 5.74) is 1.12. The Morgan fingerprint density at radius 3 is 2.57 bits per heavy atom. The fourth-order valence-electron chi connectivity index (χ4n) is 3.16. The monoisotopic (exact) mass is 406 g/mol. The first-order chi connectivity index (χ1) is 14.6. The highest BCUT2D eigenvalue weighted by molar-refractivity contribution is 5.96. The zero-order valence-electron chi connectivity index (χ0n) is 16.2. The van der Waals surface area contributed by atoms with Crippen molar-refractivity contribution in [2.24, 2.45) is 0 Å². The van der Waals surface area contributed by atoms with Crippen molar-refractivity contribution in [2.75, 3.05) is 6.61 Å². The molecule has 2 aromatic heterocycles. The summed E-state index contributed by atoms with van der Waals surface area (Å²) in [5.74, 6) is -1.28. The second-order valence-corrected chi connectivity index (χ2v) is 6.48. The molecule has 2 aromatic carbocycles. The highest BCUT2D eigenvalue weighted by atomic mass is 16.5. The summed E-state index contributed by atoms with van der Waals surface area (Å²) < 4.78 is 17.2. The van der Waals surface area contributed by atoms with E-state index in [0.717, 1.165) is 0 Å². The van der Waals surface area contributed by atoms with Gasteiger partial charge in [-0.1, -0.05) is 30.3 Å². The SMILES string of the molecule is CCOC(=O)c1oc2ccccc2c1COC(=O)Cn1cnc2ccccc2c1=O. The molecular weight excluding hydrogens is 388 g/mol. The molecule has 0 N–H and O–H groups in total. The molecule has 0 aliphatic carbocycles. The summed E-state index contributed by atoms with van der Waals surface area (Å²) in [5, 5.41) is 1.07. The van der Waals surface area contributed by atoms with Crippen molar-refractivity contribution in [3.8, 4) is 0 Å². The molecule has 0 bridgehead atoms. The fraction of sp³-hybridized carbons (Fsp3) is 0.182. The van der Waals surface area contributed by atoms with Crippen LogP contribution in [0.4, 0.5) is 0 Å². The van der Waals surface area contributed by atoms with Gasteiger partial charge in [0.05, 0.1) is 29.4 Å². The van der Waals surface area contributed by atoms with E-state index in [1.54, 1.807) is 55.5 Å². The van der Waals surface area contributed by atoms with E-state index in [-0.39, 0.29) is 31.1 Å². The molecule has 0 unspecified atom stereocenters. The zero-order valence-corrected chi connectivity index (χ0v) is 16.2. The lowest BCUT2D eigenvalue weighted by molar-refractivity contribution is -0.145. The summed E-state index contributed by atoms with van der Waals surface area (Å²) in [6.45, 7) is 1.38. The van der Waals surface area contributed by atoms with E-state index >= 15 is 0 Å². The number of furan rings is 1. The van der Waals surface area contributed by atoms with Crippen LogP contribution in [0.1, 0.15) is 23.0 Å². The minimum atomic E-state index is -0.644. The maximum atomic E-state index is 12.5. The van der Waals surface area contributed by atoms with Crippen LogP contribution in [0.15, 0.2) is 64.1 Å². The molecule has 0 saturated carbocycles. The molecule has 0 aliphatic heterocycles. The van der Waals surface area contributed by atoms with Crippen molar-refractivity contribution in [3.05, 3.63) is 76.5 Å². The first kappa shape index (κ1) is 19.4. The number of carbonyl (C=O) groups excluding carboxylic acids is 2. The molecular formula is C22H18N2O6. The maximum absolute atomic E-state index is 12.5. The standard InChI is InChI=1S/C22H18N2O6/c1-2-28-22(27)20-16(14-7-4-6-10-18(14)30-20)12-29-19(25)11-24-13-23-17-9-5-3-8-15(17)21(24)26/h3-10,13H,2,11-12H2,1H3. The van der Waals surface area contributed by atoms with Crippen LogP contribution in [-0.2, 0) is 27.4 Å². The van der Waals surface area contributed by atoms with Gasteiger partial charge < -0.3 is 13.9 Å². The first-order valence-corrected chi connectivity index (χ1v) is 9.35. The Bertz CT molecular complexity index is 1300. The number of rotatable bonds is 6. The highest BCUT2D eigenvalue weighted by Crippen LogP contribution is 2.27. The van der Waals surface area contributed by atoms with Crippen molar-refractivity contribution < 1.29 is 23.5 Å². The summed E-state index contributed by atoms with van der Waals surface area (Å²) in [4.78, 5) is 41.3. The van der Waals surface area contributed by atoms with Crippen LogP contribution in [0.3, 0.4) is 0 Å². The van der Waals surface area contributed by atoms with E-state index in [9.17, 15) is 14.4 Å². The summed E-state index contributed by atoms with van der Waals surface area (Å²) >= 11 is 0. The van der Waals surface area contributed by atoms with Crippen molar-refractivity contribution in [3.63, 3.8) is 0 Å². The maximum Gasteiger partial charge on any atom is 0.374 e. The number of nitrogens with zero attached hydrogens (tertiary/aromatic N) is 2. The van der Waals surface area contributed by atoms with Gasteiger partial charge in [0.25, 0.3) is 5.56 Å². The van der Waals surface area contributed by atoms with Gasteiger partial charge in [0.15, 0.2) is 0 Å². The Morgan fingerprint density at radius 2 is 1.77 bits per heavy atom. The Labute approximate surface area is 170 Å². The lowest BCUT2D eigenvalue weighted by Gasteiger charge is -2.08. The van der Waals surface area contributed by atoms with Gasteiger partial charge in [-0.05, 0) is 25.1 Å². The molecule has 8 heteroatoms. The van der Waals surface area contributed by atoms with Crippen LogP contribution >= 0.6 is 0 Å². The molecule has 0 amide bonds. The van der Waals surface area contributed by atoms with E-state index in [4.69, 9.17) is 13.9 Å². The number of hydrogen-bond donors (Lipinski definition) is 0. The van der Waals surface area contributed by atoms with Crippen LogP contribution in [0, 0.1) is 0 Å². The molecule has 4 rings (SSSR count). The molecule has 0 atom stereocenters. The first-order valence-electron chi connectivity index (χ1n) is 9.35. The third-order valence-corrected chi connectivity index (χ3v) is 4.57. The van der Waals surface area contributed by atoms with Gasteiger partial charge in [0.1, 0.15) is 18.7 Å². The number of ether oxygens (including phenoxy) is 2. The zero-order chi connectivity index (χ0) is 21.1. The summed E-state index contributed by atoms with van der Waals surface area (Å²) in [7, 11) is 0. The van der Waals surface area contributed by atoms with Gasteiger partial charge in [-0.2, -0.15) is 0 Å². The molecule has 2 heterocycles. The highest BCUT2D eigenvalue weighted by Gasteiger charge is 2.22. The third kappa shape index (κ3) is 3.67. The Balaban J connectivity index is 1.55. The van der Waals surface area contributed by atoms with E-state index in [1.807, 2.05) is 0 Å². The fourth-order valence-corrected chi connectivity index (χ4v) is 3.16. The van der Waals surface area contributed by atoms with Gasteiger partial charge in [-0.3, -0.25) is 14.2 Å². The second-order valence-electron chi connectivity index (χ2n) is 6.48. The summed E-state index contributed by atoms with van der Waals surface area (Å²) in [6.07, 6.45) is 1.31. The lowest BCUT2D eigenvalue weighted by atomic mass is 10.1. The number of benzene rings is 2. The largest absolute Gasteiger partial charge is 0.460 e. The van der Waals surface area contributed by atoms with Crippen molar-refractivity contribution in [1.29, 1.82) is 0 Å². The van der Waals surface area contributed by atoms with Gasteiger partial charge >= 0.3 is 11.9 Å². The van der Waals surface area contributed by atoms with Crippen LogP contribution in [-0.4, -0.2) is 28.1 Å². The molecule has 0 fully saturated rings. The number of fused-ring (bicyclic) bond motifs is 2. The van der Waals surface area contributed by atoms with Crippen molar-refractivity contribution in [2.45, 2.75) is 20.1 Å². The average molecular weight is 406 g/mol. The molecule has 0 spiro atoms. The van der Waals surface area contributed by atoms with Crippen molar-refractivity contribution in [1.82, 2.24) is 9.55 Å². The Morgan fingerprint density at radius 1 is 1.03 bits per heavy atom. The predicted octanol–water partition coefficient (Wildman–Crippen LogP) is 3.06. The van der Waals surface area contributed by atoms with Gasteiger partial charge in [0, 0.05) is 5.39 Å². The molecule has 30 heavy (non-hydrogen) atoms. The van der Waals surface area contributed by atoms with E-state index in [2.05, 4.69) is 4.98 Å². The van der Waals surface area contributed by atoms with E-state index < -0.39 is 11.9 Å². The quantitative estimate of drug-likeness (QED) is 0.454. The number of carbonyl (C=O) groups is 2. The number of aromatic nitrogens is 2. The molecule has 0 radical (unpaired) electrons.